The molecular formula is C25H27N3O4. The maximum atomic E-state index is 12.9. The van der Waals surface area contributed by atoms with E-state index in [2.05, 4.69) is 5.32 Å². The molecule has 2 heterocycles. The first kappa shape index (κ1) is 21.5. The number of urea groups is 1. The highest BCUT2D eigenvalue weighted by Gasteiger charge is 2.27. The number of hydrogen-bond acceptors (Lipinski definition) is 4. The van der Waals surface area contributed by atoms with Crippen LogP contribution in [-0.4, -0.2) is 47.9 Å². The van der Waals surface area contributed by atoms with E-state index < -0.39 is 0 Å². The van der Waals surface area contributed by atoms with Gasteiger partial charge in [-0.25, -0.2) is 4.79 Å². The maximum Gasteiger partial charge on any atom is 0.322 e. The number of benzene rings is 2. The Hall–Kier alpha value is -3.74. The number of nitrogens with one attached hydrogen (secondary N) is 1. The number of ether oxygens (including phenoxy) is 1. The van der Waals surface area contributed by atoms with E-state index in [1.54, 1.807) is 22.8 Å². The van der Waals surface area contributed by atoms with Crippen LogP contribution < -0.4 is 10.1 Å². The molecule has 166 valence electrons. The van der Waals surface area contributed by atoms with Crippen molar-refractivity contribution in [2.75, 3.05) is 31.5 Å². The molecule has 0 aliphatic carbocycles. The number of carbonyl (C=O) groups excluding carboxylic acids is 2. The fourth-order valence-corrected chi connectivity index (χ4v) is 3.79. The van der Waals surface area contributed by atoms with Crippen molar-refractivity contribution in [3.05, 3.63) is 77.2 Å². The monoisotopic (exact) mass is 433 g/mol. The van der Waals surface area contributed by atoms with Gasteiger partial charge in [0, 0.05) is 26.2 Å². The molecule has 3 aromatic rings. The van der Waals surface area contributed by atoms with Gasteiger partial charge < -0.3 is 24.3 Å². The number of anilines is 1. The van der Waals surface area contributed by atoms with Crippen LogP contribution in [0.4, 0.5) is 10.5 Å². The third kappa shape index (κ3) is 4.77. The molecule has 0 unspecified atom stereocenters. The zero-order valence-corrected chi connectivity index (χ0v) is 18.6. The number of nitrogens with zero attached hydrogens (tertiary/aromatic N) is 2. The van der Waals surface area contributed by atoms with Gasteiger partial charge in [-0.05, 0) is 56.7 Å². The normalized spacial score (nSPS) is 13.7. The maximum absolute atomic E-state index is 12.9. The second-order valence-electron chi connectivity index (χ2n) is 7.95. The molecule has 1 aliphatic rings. The molecule has 1 saturated heterocycles. The van der Waals surface area contributed by atoms with Gasteiger partial charge in [0.25, 0.3) is 5.91 Å². The van der Waals surface area contributed by atoms with Gasteiger partial charge in [0.1, 0.15) is 17.3 Å². The Morgan fingerprint density at radius 3 is 2.31 bits per heavy atom. The number of carbonyl (C=O) groups is 2. The van der Waals surface area contributed by atoms with Crippen molar-refractivity contribution in [2.45, 2.75) is 20.8 Å². The molecule has 1 aromatic heterocycles. The number of piperazine rings is 1. The van der Waals surface area contributed by atoms with E-state index in [1.807, 2.05) is 62.4 Å². The Morgan fingerprint density at radius 2 is 1.62 bits per heavy atom. The van der Waals surface area contributed by atoms with E-state index in [0.717, 1.165) is 11.3 Å². The lowest BCUT2D eigenvalue weighted by molar-refractivity contribution is 0.0670. The van der Waals surface area contributed by atoms with Crippen molar-refractivity contribution >= 4 is 17.6 Å². The van der Waals surface area contributed by atoms with Crippen LogP contribution in [0.15, 0.2) is 59.0 Å². The Labute approximate surface area is 187 Å². The lowest BCUT2D eigenvalue weighted by atomic mass is 10.2. The first-order valence-electron chi connectivity index (χ1n) is 10.7. The SMILES string of the molecule is Cc1cccc(Oc2ccccc2NC(=O)N2CCN(C(=O)c3cc(C)oc3C)CC2)c1. The summed E-state index contributed by atoms with van der Waals surface area (Å²) in [6, 6.07) is 16.7. The van der Waals surface area contributed by atoms with Crippen LogP contribution in [0.25, 0.3) is 0 Å². The molecule has 0 atom stereocenters. The van der Waals surface area contributed by atoms with E-state index in [4.69, 9.17) is 9.15 Å². The minimum Gasteiger partial charge on any atom is -0.466 e. The third-order valence-corrected chi connectivity index (χ3v) is 5.47. The lowest BCUT2D eigenvalue weighted by Crippen LogP contribution is -2.51. The second kappa shape index (κ2) is 9.18. The Morgan fingerprint density at radius 1 is 0.906 bits per heavy atom. The van der Waals surface area contributed by atoms with Crippen LogP contribution in [-0.2, 0) is 0 Å². The van der Waals surface area contributed by atoms with Crippen molar-refractivity contribution in [3.63, 3.8) is 0 Å². The number of rotatable bonds is 4. The zero-order valence-electron chi connectivity index (χ0n) is 18.6. The first-order valence-corrected chi connectivity index (χ1v) is 10.7. The first-order chi connectivity index (χ1) is 15.4. The number of furan rings is 1. The van der Waals surface area contributed by atoms with Crippen LogP contribution >= 0.6 is 0 Å². The number of amides is 3. The van der Waals surface area contributed by atoms with E-state index in [-0.39, 0.29) is 11.9 Å². The molecule has 0 saturated carbocycles. The number of aryl methyl sites for hydroxylation is 3. The molecule has 0 bridgehead atoms. The summed E-state index contributed by atoms with van der Waals surface area (Å²) in [5.41, 5.74) is 2.28. The van der Waals surface area contributed by atoms with Gasteiger partial charge in [0.2, 0.25) is 0 Å². The van der Waals surface area contributed by atoms with Gasteiger partial charge in [-0.1, -0.05) is 24.3 Å². The van der Waals surface area contributed by atoms with Crippen molar-refractivity contribution in [2.24, 2.45) is 0 Å². The van der Waals surface area contributed by atoms with Crippen molar-refractivity contribution < 1.29 is 18.7 Å². The van der Waals surface area contributed by atoms with Crippen LogP contribution in [0, 0.1) is 20.8 Å². The van der Waals surface area contributed by atoms with Crippen molar-refractivity contribution in [1.82, 2.24) is 9.80 Å². The summed E-state index contributed by atoms with van der Waals surface area (Å²) in [5, 5.41) is 2.95. The van der Waals surface area contributed by atoms with Crippen molar-refractivity contribution in [1.29, 1.82) is 0 Å². The standard InChI is InChI=1S/C25H27N3O4/c1-17-7-6-8-20(15-17)32-23-10-5-4-9-22(23)26-25(30)28-13-11-27(12-14-28)24(29)21-16-18(2)31-19(21)3/h4-10,15-16H,11-14H2,1-3H3,(H,26,30). The van der Waals surface area contributed by atoms with Gasteiger partial charge in [-0.3, -0.25) is 4.79 Å². The smallest absolute Gasteiger partial charge is 0.322 e. The Balaban J connectivity index is 1.37. The molecule has 3 amide bonds. The highest BCUT2D eigenvalue weighted by molar-refractivity contribution is 5.96. The summed E-state index contributed by atoms with van der Waals surface area (Å²) in [4.78, 5) is 29.1. The van der Waals surface area contributed by atoms with Crippen molar-refractivity contribution in [3.8, 4) is 11.5 Å². The quantitative estimate of drug-likeness (QED) is 0.629. The van der Waals surface area contributed by atoms with Gasteiger partial charge in [0.05, 0.1) is 11.3 Å². The summed E-state index contributed by atoms with van der Waals surface area (Å²) < 4.78 is 11.5. The largest absolute Gasteiger partial charge is 0.466 e. The molecule has 7 nitrogen and oxygen atoms in total. The van der Waals surface area contributed by atoms with Crippen LogP contribution in [0.3, 0.4) is 0 Å². The molecule has 1 N–H and O–H groups in total. The predicted molar refractivity (Wildman–Crippen MR) is 122 cm³/mol. The summed E-state index contributed by atoms with van der Waals surface area (Å²) in [7, 11) is 0. The van der Waals surface area contributed by atoms with Gasteiger partial charge in [0.15, 0.2) is 5.75 Å². The van der Waals surface area contributed by atoms with Gasteiger partial charge >= 0.3 is 6.03 Å². The molecular weight excluding hydrogens is 406 g/mol. The van der Waals surface area contributed by atoms with Crippen LogP contribution in [0.5, 0.6) is 11.5 Å². The summed E-state index contributed by atoms with van der Waals surface area (Å²) in [6.07, 6.45) is 0. The number of para-hydroxylation sites is 2. The molecule has 32 heavy (non-hydrogen) atoms. The van der Waals surface area contributed by atoms with Crippen LogP contribution in [0.1, 0.15) is 27.4 Å². The molecule has 1 aliphatic heterocycles. The molecule has 2 aromatic carbocycles. The van der Waals surface area contributed by atoms with Gasteiger partial charge in [-0.15, -0.1) is 0 Å². The second-order valence-corrected chi connectivity index (χ2v) is 7.95. The summed E-state index contributed by atoms with van der Waals surface area (Å²) >= 11 is 0. The average molecular weight is 434 g/mol. The average Bonchev–Trinajstić information content (AvgIpc) is 3.12. The van der Waals surface area contributed by atoms with Gasteiger partial charge in [-0.2, -0.15) is 0 Å². The zero-order chi connectivity index (χ0) is 22.7. The Kier molecular flexibility index (Phi) is 6.16. The minimum absolute atomic E-state index is 0.0590. The fourth-order valence-electron chi connectivity index (χ4n) is 3.79. The highest BCUT2D eigenvalue weighted by Crippen LogP contribution is 2.30. The molecule has 7 heteroatoms. The highest BCUT2D eigenvalue weighted by atomic mass is 16.5. The summed E-state index contributed by atoms with van der Waals surface area (Å²) in [5.74, 6) is 2.57. The predicted octanol–water partition coefficient (Wildman–Crippen LogP) is 4.99. The van der Waals surface area contributed by atoms with E-state index >= 15 is 0 Å². The lowest BCUT2D eigenvalue weighted by Gasteiger charge is -2.34. The molecule has 4 rings (SSSR count). The van der Waals surface area contributed by atoms with Crippen LogP contribution in [0.2, 0.25) is 0 Å². The third-order valence-electron chi connectivity index (χ3n) is 5.47. The molecule has 1 fully saturated rings. The minimum atomic E-state index is -0.215. The topological polar surface area (TPSA) is 75.0 Å². The summed E-state index contributed by atoms with van der Waals surface area (Å²) in [6.45, 7) is 7.46. The van der Waals surface area contributed by atoms with E-state index in [1.165, 1.54) is 0 Å². The van der Waals surface area contributed by atoms with E-state index in [0.29, 0.717) is 54.7 Å². The molecule has 0 radical (unpaired) electrons. The van der Waals surface area contributed by atoms with E-state index in [9.17, 15) is 9.59 Å². The molecule has 0 spiro atoms. The fraction of sp³-hybridized carbons (Fsp3) is 0.280. The number of hydrogen-bond donors (Lipinski definition) is 1. The Bertz CT molecular complexity index is 1130.